The molecule has 0 spiro atoms. The molecule has 0 saturated carbocycles. The number of hydrogen-bond acceptors (Lipinski definition) is 5. The highest BCUT2D eigenvalue weighted by molar-refractivity contribution is 5.25. The van der Waals surface area contributed by atoms with Gasteiger partial charge in [-0.25, -0.2) is 9.78 Å². The number of aromatic nitrogens is 3. The van der Waals surface area contributed by atoms with Crippen LogP contribution in [-0.4, -0.2) is 21.2 Å². The van der Waals surface area contributed by atoms with Crippen molar-refractivity contribution < 1.29 is 4.74 Å². The van der Waals surface area contributed by atoms with E-state index in [-0.39, 0.29) is 11.2 Å². The van der Waals surface area contributed by atoms with Crippen LogP contribution in [0.4, 0.5) is 0 Å². The van der Waals surface area contributed by atoms with Crippen LogP contribution in [0, 0.1) is 0 Å². The van der Waals surface area contributed by atoms with Crippen molar-refractivity contribution in [2.24, 2.45) is 14.1 Å². The zero-order valence-electron chi connectivity index (χ0n) is 12.3. The topological polar surface area (TPSA) is 78.2 Å². The number of ether oxygens (including phenoxy) is 1. The predicted octanol–water partition coefficient (Wildman–Crippen LogP) is -0.223. The zero-order chi connectivity index (χ0) is 15.4. The van der Waals surface area contributed by atoms with Gasteiger partial charge in [-0.3, -0.25) is 9.36 Å². The molecular weight excluding hydrogens is 272 g/mol. The summed E-state index contributed by atoms with van der Waals surface area (Å²) in [5, 5.41) is 3.16. The van der Waals surface area contributed by atoms with Gasteiger partial charge in [-0.05, 0) is 6.07 Å². The van der Waals surface area contributed by atoms with E-state index in [4.69, 9.17) is 4.74 Å². The van der Waals surface area contributed by atoms with E-state index in [0.29, 0.717) is 24.5 Å². The number of rotatable bonds is 5. The number of aryl methyl sites for hydroxylation is 1. The molecular formula is C14H18N4O3. The molecule has 21 heavy (non-hydrogen) atoms. The lowest BCUT2D eigenvalue weighted by Gasteiger charge is -2.09. The van der Waals surface area contributed by atoms with Crippen LogP contribution in [0.15, 0.2) is 34.1 Å². The molecule has 0 aliphatic heterocycles. The Hall–Kier alpha value is -2.41. The van der Waals surface area contributed by atoms with Gasteiger partial charge >= 0.3 is 5.69 Å². The van der Waals surface area contributed by atoms with Crippen LogP contribution < -0.4 is 21.3 Å². The largest absolute Gasteiger partial charge is 0.481 e. The second-order valence-electron chi connectivity index (χ2n) is 4.69. The minimum absolute atomic E-state index is 0.288. The third-order valence-electron chi connectivity index (χ3n) is 3.19. The summed E-state index contributed by atoms with van der Waals surface area (Å²) in [4.78, 5) is 27.7. The Morgan fingerprint density at radius 3 is 2.67 bits per heavy atom. The highest BCUT2D eigenvalue weighted by Crippen LogP contribution is 2.12. The van der Waals surface area contributed by atoms with Gasteiger partial charge in [0.25, 0.3) is 5.56 Å². The third-order valence-corrected chi connectivity index (χ3v) is 3.19. The quantitative estimate of drug-likeness (QED) is 0.823. The molecule has 2 aromatic rings. The van der Waals surface area contributed by atoms with Crippen molar-refractivity contribution >= 4 is 0 Å². The van der Waals surface area contributed by atoms with Crippen molar-refractivity contribution in [3.8, 4) is 5.88 Å². The summed E-state index contributed by atoms with van der Waals surface area (Å²) >= 11 is 0. The van der Waals surface area contributed by atoms with Crippen LogP contribution in [0.1, 0.15) is 11.1 Å². The Kier molecular flexibility index (Phi) is 4.54. The SMILES string of the molecule is COc1ncccc1CNCc1cn(C)c(=O)n(C)c1=O. The number of methoxy groups -OCH3 is 1. The summed E-state index contributed by atoms with van der Waals surface area (Å²) in [5.74, 6) is 0.554. The summed E-state index contributed by atoms with van der Waals surface area (Å²) in [7, 11) is 4.66. The molecule has 7 nitrogen and oxygen atoms in total. The zero-order valence-corrected chi connectivity index (χ0v) is 12.3. The summed E-state index contributed by atoms with van der Waals surface area (Å²) in [6.07, 6.45) is 3.21. The van der Waals surface area contributed by atoms with E-state index in [0.717, 1.165) is 10.1 Å². The van der Waals surface area contributed by atoms with E-state index in [1.807, 2.05) is 12.1 Å². The van der Waals surface area contributed by atoms with Crippen LogP contribution in [0.25, 0.3) is 0 Å². The van der Waals surface area contributed by atoms with Gasteiger partial charge in [0.1, 0.15) is 0 Å². The first-order valence-electron chi connectivity index (χ1n) is 6.48. The number of pyridine rings is 1. The molecule has 0 atom stereocenters. The van der Waals surface area contributed by atoms with Crippen molar-refractivity contribution in [3.05, 3.63) is 56.5 Å². The maximum atomic E-state index is 12.0. The van der Waals surface area contributed by atoms with Crippen LogP contribution in [-0.2, 0) is 27.2 Å². The van der Waals surface area contributed by atoms with E-state index in [1.54, 1.807) is 26.6 Å². The standard InChI is InChI=1S/C14H18N4O3/c1-17-9-11(13(19)18(2)14(17)20)8-15-7-10-5-4-6-16-12(10)21-3/h4-6,9,15H,7-8H2,1-3H3. The second-order valence-corrected chi connectivity index (χ2v) is 4.69. The van der Waals surface area contributed by atoms with Crippen molar-refractivity contribution in [3.63, 3.8) is 0 Å². The minimum atomic E-state index is -0.335. The lowest BCUT2D eigenvalue weighted by Crippen LogP contribution is -2.39. The van der Waals surface area contributed by atoms with Crippen LogP contribution in [0.3, 0.4) is 0 Å². The number of nitrogens with one attached hydrogen (secondary N) is 1. The van der Waals surface area contributed by atoms with E-state index in [9.17, 15) is 9.59 Å². The lowest BCUT2D eigenvalue weighted by molar-refractivity contribution is 0.390. The van der Waals surface area contributed by atoms with E-state index >= 15 is 0 Å². The van der Waals surface area contributed by atoms with Crippen molar-refractivity contribution in [2.75, 3.05) is 7.11 Å². The molecule has 0 amide bonds. The van der Waals surface area contributed by atoms with Crippen molar-refractivity contribution in [1.82, 2.24) is 19.4 Å². The van der Waals surface area contributed by atoms with Crippen molar-refractivity contribution in [1.29, 1.82) is 0 Å². The van der Waals surface area contributed by atoms with Crippen LogP contribution in [0.2, 0.25) is 0 Å². The fraction of sp³-hybridized carbons (Fsp3) is 0.357. The molecule has 0 aromatic carbocycles. The fourth-order valence-corrected chi connectivity index (χ4v) is 2.08. The molecule has 2 heterocycles. The molecule has 0 radical (unpaired) electrons. The van der Waals surface area contributed by atoms with Gasteiger partial charge in [0.2, 0.25) is 5.88 Å². The lowest BCUT2D eigenvalue weighted by atomic mass is 10.2. The highest BCUT2D eigenvalue weighted by Gasteiger charge is 2.07. The first-order valence-corrected chi connectivity index (χ1v) is 6.48. The van der Waals surface area contributed by atoms with Gasteiger partial charge in [-0.1, -0.05) is 6.07 Å². The van der Waals surface area contributed by atoms with Crippen LogP contribution >= 0.6 is 0 Å². The smallest absolute Gasteiger partial charge is 0.330 e. The monoisotopic (exact) mass is 290 g/mol. The van der Waals surface area contributed by atoms with Gasteiger partial charge in [-0.15, -0.1) is 0 Å². The summed E-state index contributed by atoms with van der Waals surface area (Å²) in [5.41, 5.74) is 0.811. The Morgan fingerprint density at radius 2 is 1.95 bits per heavy atom. The molecule has 112 valence electrons. The maximum absolute atomic E-state index is 12.0. The molecule has 0 aliphatic carbocycles. The predicted molar refractivity (Wildman–Crippen MR) is 78.3 cm³/mol. The normalized spacial score (nSPS) is 10.6. The molecule has 0 bridgehead atoms. The van der Waals surface area contributed by atoms with Crippen LogP contribution in [0.5, 0.6) is 5.88 Å². The molecule has 2 rings (SSSR count). The summed E-state index contributed by atoms with van der Waals surface area (Å²) < 4.78 is 7.65. The average molecular weight is 290 g/mol. The molecule has 0 unspecified atom stereocenters. The molecule has 1 N–H and O–H groups in total. The molecule has 2 aromatic heterocycles. The van der Waals surface area contributed by atoms with E-state index in [2.05, 4.69) is 10.3 Å². The van der Waals surface area contributed by atoms with E-state index in [1.165, 1.54) is 11.6 Å². The van der Waals surface area contributed by atoms with E-state index < -0.39 is 0 Å². The maximum Gasteiger partial charge on any atom is 0.330 e. The third kappa shape index (κ3) is 3.19. The molecule has 0 fully saturated rings. The van der Waals surface area contributed by atoms with Gasteiger partial charge in [0.05, 0.1) is 7.11 Å². The highest BCUT2D eigenvalue weighted by atomic mass is 16.5. The number of hydrogen-bond donors (Lipinski definition) is 1. The average Bonchev–Trinajstić information content (AvgIpc) is 2.50. The Bertz CT molecular complexity index is 749. The van der Waals surface area contributed by atoms with Crippen molar-refractivity contribution in [2.45, 2.75) is 13.1 Å². The Morgan fingerprint density at radius 1 is 1.24 bits per heavy atom. The Balaban J connectivity index is 2.11. The summed E-state index contributed by atoms with van der Waals surface area (Å²) in [6.45, 7) is 0.877. The van der Waals surface area contributed by atoms with Gasteiger partial charge in [0.15, 0.2) is 0 Å². The second kappa shape index (κ2) is 6.36. The van der Waals surface area contributed by atoms with Gasteiger partial charge < -0.3 is 14.6 Å². The first-order chi connectivity index (χ1) is 10.0. The molecule has 7 heteroatoms. The molecule has 0 aliphatic rings. The molecule has 0 saturated heterocycles. The fourth-order valence-electron chi connectivity index (χ4n) is 2.08. The minimum Gasteiger partial charge on any atom is -0.481 e. The number of nitrogens with zero attached hydrogens (tertiary/aromatic N) is 3. The Labute approximate surface area is 121 Å². The first kappa shape index (κ1) is 15.0. The van der Waals surface area contributed by atoms with Gasteiger partial charge in [-0.2, -0.15) is 0 Å². The summed E-state index contributed by atoms with van der Waals surface area (Å²) in [6, 6.07) is 3.72. The van der Waals surface area contributed by atoms with Gasteiger partial charge in [0, 0.05) is 50.7 Å².